The second kappa shape index (κ2) is 5.61. The molecule has 0 unspecified atom stereocenters. The Morgan fingerprint density at radius 1 is 1.06 bits per heavy atom. The molecule has 2 aromatic carbocycles. The van der Waals surface area contributed by atoms with E-state index in [1.807, 2.05) is 0 Å². The van der Waals surface area contributed by atoms with E-state index in [9.17, 15) is 4.79 Å². The lowest BCUT2D eigenvalue weighted by molar-refractivity contribution is 0.108. The van der Waals surface area contributed by atoms with Gasteiger partial charge >= 0.3 is 0 Å². The topological polar surface area (TPSA) is 26.3 Å². The van der Waals surface area contributed by atoms with E-state index in [2.05, 4.69) is 0 Å². The van der Waals surface area contributed by atoms with Crippen molar-refractivity contribution in [2.75, 3.05) is 0 Å². The molecule has 0 heterocycles. The molecule has 0 saturated heterocycles. The molecule has 2 nitrogen and oxygen atoms in total. The Kier molecular flexibility index (Phi) is 4.12. The average molecular weight is 302 g/mol. The van der Waals surface area contributed by atoms with Crippen LogP contribution >= 0.6 is 34.8 Å². The highest BCUT2D eigenvalue weighted by atomic mass is 35.5. The number of rotatable bonds is 3. The van der Waals surface area contributed by atoms with Gasteiger partial charge in [0, 0.05) is 16.7 Å². The molecule has 5 heteroatoms. The molecule has 18 heavy (non-hydrogen) atoms. The SMILES string of the molecule is O=C(Cl)c1cccc(Oc2cc(Cl)ccc2Cl)c1. The largest absolute Gasteiger partial charge is 0.456 e. The van der Waals surface area contributed by atoms with Crippen molar-refractivity contribution in [2.24, 2.45) is 0 Å². The molecule has 2 rings (SSSR count). The summed E-state index contributed by atoms with van der Waals surface area (Å²) in [6.07, 6.45) is 0. The van der Waals surface area contributed by atoms with Crippen molar-refractivity contribution in [3.63, 3.8) is 0 Å². The van der Waals surface area contributed by atoms with Gasteiger partial charge in [-0.3, -0.25) is 4.79 Å². The number of carbonyl (C=O) groups excluding carboxylic acids is 1. The average Bonchev–Trinajstić information content (AvgIpc) is 2.34. The Bertz CT molecular complexity index is 597. The fraction of sp³-hybridized carbons (Fsp3) is 0. The van der Waals surface area contributed by atoms with Crippen LogP contribution in [0.4, 0.5) is 0 Å². The standard InChI is InChI=1S/C13H7Cl3O2/c14-9-4-5-11(15)12(7-9)18-10-3-1-2-8(6-10)13(16)17/h1-7H. The maximum atomic E-state index is 11.0. The first kappa shape index (κ1) is 13.2. The number of hydrogen-bond acceptors (Lipinski definition) is 2. The third-order valence-corrected chi connectivity index (χ3v) is 2.95. The molecule has 92 valence electrons. The van der Waals surface area contributed by atoms with Crippen LogP contribution in [0.1, 0.15) is 10.4 Å². The van der Waals surface area contributed by atoms with E-state index in [0.29, 0.717) is 27.1 Å². The Balaban J connectivity index is 2.31. The van der Waals surface area contributed by atoms with Gasteiger partial charge in [0.15, 0.2) is 0 Å². The van der Waals surface area contributed by atoms with E-state index >= 15 is 0 Å². The predicted octanol–water partition coefficient (Wildman–Crippen LogP) is 5.16. The summed E-state index contributed by atoms with van der Waals surface area (Å²) in [4.78, 5) is 11.0. The summed E-state index contributed by atoms with van der Waals surface area (Å²) in [5.41, 5.74) is 0.354. The summed E-state index contributed by atoms with van der Waals surface area (Å²) in [7, 11) is 0. The molecule has 0 amide bonds. The third kappa shape index (κ3) is 3.16. The van der Waals surface area contributed by atoms with E-state index in [-0.39, 0.29) is 0 Å². The monoisotopic (exact) mass is 300 g/mol. The lowest BCUT2D eigenvalue weighted by Gasteiger charge is -2.08. The molecule has 0 atom stereocenters. The van der Waals surface area contributed by atoms with Gasteiger partial charge in [-0.1, -0.05) is 29.3 Å². The number of ether oxygens (including phenoxy) is 1. The quantitative estimate of drug-likeness (QED) is 0.731. The van der Waals surface area contributed by atoms with Crippen LogP contribution in [0.3, 0.4) is 0 Å². The van der Waals surface area contributed by atoms with Gasteiger partial charge in [-0.15, -0.1) is 0 Å². The lowest BCUT2D eigenvalue weighted by Crippen LogP contribution is -1.90. The van der Waals surface area contributed by atoms with Gasteiger partial charge in [-0.25, -0.2) is 0 Å². The fourth-order valence-corrected chi connectivity index (χ4v) is 1.80. The number of halogens is 3. The number of hydrogen-bond donors (Lipinski definition) is 0. The highest BCUT2D eigenvalue weighted by Crippen LogP contribution is 2.32. The van der Waals surface area contributed by atoms with Crippen molar-refractivity contribution in [1.82, 2.24) is 0 Å². The van der Waals surface area contributed by atoms with Crippen molar-refractivity contribution < 1.29 is 9.53 Å². The summed E-state index contributed by atoms with van der Waals surface area (Å²) >= 11 is 17.2. The van der Waals surface area contributed by atoms with Gasteiger partial charge < -0.3 is 4.74 Å². The minimum atomic E-state index is -0.544. The minimum Gasteiger partial charge on any atom is -0.456 e. The summed E-state index contributed by atoms with van der Waals surface area (Å²) in [5.74, 6) is 0.883. The van der Waals surface area contributed by atoms with Crippen LogP contribution in [0.15, 0.2) is 42.5 Å². The van der Waals surface area contributed by atoms with E-state index in [1.54, 1.807) is 36.4 Å². The van der Waals surface area contributed by atoms with Gasteiger partial charge in [0.05, 0.1) is 5.02 Å². The summed E-state index contributed by atoms with van der Waals surface area (Å²) in [6.45, 7) is 0. The smallest absolute Gasteiger partial charge is 0.252 e. The zero-order chi connectivity index (χ0) is 13.1. The van der Waals surface area contributed by atoms with E-state index in [0.717, 1.165) is 0 Å². The molecule has 0 radical (unpaired) electrons. The van der Waals surface area contributed by atoms with E-state index in [1.165, 1.54) is 6.07 Å². The van der Waals surface area contributed by atoms with Crippen molar-refractivity contribution in [2.45, 2.75) is 0 Å². The molecule has 0 aromatic heterocycles. The Morgan fingerprint density at radius 2 is 1.83 bits per heavy atom. The zero-order valence-electron chi connectivity index (χ0n) is 8.99. The number of carbonyl (C=O) groups is 1. The van der Waals surface area contributed by atoms with Crippen molar-refractivity contribution in [3.05, 3.63) is 58.1 Å². The van der Waals surface area contributed by atoms with Crippen LogP contribution < -0.4 is 4.74 Å². The molecule has 0 aliphatic carbocycles. The molecule has 0 N–H and O–H groups in total. The Hall–Kier alpha value is -1.22. The van der Waals surface area contributed by atoms with Gasteiger partial charge in [0.25, 0.3) is 5.24 Å². The van der Waals surface area contributed by atoms with Gasteiger partial charge in [0.2, 0.25) is 0 Å². The van der Waals surface area contributed by atoms with Crippen LogP contribution in [0.5, 0.6) is 11.5 Å². The molecular formula is C13H7Cl3O2. The number of benzene rings is 2. The van der Waals surface area contributed by atoms with E-state index < -0.39 is 5.24 Å². The maximum Gasteiger partial charge on any atom is 0.252 e. The Labute approximate surface area is 119 Å². The van der Waals surface area contributed by atoms with Gasteiger partial charge in [-0.2, -0.15) is 0 Å². The second-order valence-corrected chi connectivity index (χ2v) is 4.67. The Morgan fingerprint density at radius 3 is 2.56 bits per heavy atom. The summed E-state index contributed by atoms with van der Waals surface area (Å²) < 4.78 is 5.55. The normalized spacial score (nSPS) is 10.2. The molecular weight excluding hydrogens is 294 g/mol. The predicted molar refractivity (Wildman–Crippen MR) is 73.2 cm³/mol. The van der Waals surface area contributed by atoms with Crippen LogP contribution in [0.2, 0.25) is 10.0 Å². The molecule has 0 spiro atoms. The molecule has 2 aromatic rings. The molecule has 0 saturated carbocycles. The van der Waals surface area contributed by atoms with Crippen molar-refractivity contribution in [3.8, 4) is 11.5 Å². The lowest BCUT2D eigenvalue weighted by atomic mass is 10.2. The highest BCUT2D eigenvalue weighted by molar-refractivity contribution is 6.67. The van der Waals surface area contributed by atoms with Crippen LogP contribution in [0, 0.1) is 0 Å². The first-order chi connectivity index (χ1) is 8.56. The summed E-state index contributed by atoms with van der Waals surface area (Å²) in [6, 6.07) is 11.4. The van der Waals surface area contributed by atoms with Crippen LogP contribution in [0.25, 0.3) is 0 Å². The second-order valence-electron chi connectivity index (χ2n) is 3.48. The van der Waals surface area contributed by atoms with Gasteiger partial charge in [0.1, 0.15) is 11.5 Å². The van der Waals surface area contributed by atoms with Crippen molar-refractivity contribution >= 4 is 40.0 Å². The van der Waals surface area contributed by atoms with E-state index in [4.69, 9.17) is 39.5 Å². The minimum absolute atomic E-state index is 0.354. The first-order valence-corrected chi connectivity index (χ1v) is 6.12. The van der Waals surface area contributed by atoms with Crippen LogP contribution in [-0.2, 0) is 0 Å². The van der Waals surface area contributed by atoms with Crippen LogP contribution in [-0.4, -0.2) is 5.24 Å². The maximum absolute atomic E-state index is 11.0. The van der Waals surface area contributed by atoms with Gasteiger partial charge in [-0.05, 0) is 41.9 Å². The zero-order valence-corrected chi connectivity index (χ0v) is 11.3. The first-order valence-electron chi connectivity index (χ1n) is 4.99. The molecule has 0 bridgehead atoms. The highest BCUT2D eigenvalue weighted by Gasteiger charge is 2.07. The molecule has 0 fully saturated rings. The third-order valence-electron chi connectivity index (χ3n) is 2.18. The molecule has 0 aliphatic heterocycles. The fourth-order valence-electron chi connectivity index (χ4n) is 1.36. The molecule has 0 aliphatic rings. The van der Waals surface area contributed by atoms with Crippen molar-refractivity contribution in [1.29, 1.82) is 0 Å². The summed E-state index contributed by atoms with van der Waals surface area (Å²) in [5, 5.41) is 0.401.